The molecule has 1 aliphatic carbocycles. The molecule has 3 rings (SSSR count). The maximum atomic E-state index is 12.8. The summed E-state index contributed by atoms with van der Waals surface area (Å²) in [6, 6.07) is 7.70. The zero-order valence-electron chi connectivity index (χ0n) is 16.8. The number of methoxy groups -OCH3 is 1. The molecule has 8 nitrogen and oxygen atoms in total. The fourth-order valence-electron chi connectivity index (χ4n) is 3.11. The number of rotatable bonds is 8. The van der Waals surface area contributed by atoms with E-state index in [-0.39, 0.29) is 18.6 Å². The topological polar surface area (TPSA) is 106 Å². The van der Waals surface area contributed by atoms with Gasteiger partial charge >= 0.3 is 5.97 Å². The maximum Gasteiger partial charge on any atom is 0.324 e. The number of para-hydroxylation sites is 1. The van der Waals surface area contributed by atoms with Gasteiger partial charge in [0.25, 0.3) is 5.91 Å². The molecule has 1 saturated heterocycles. The van der Waals surface area contributed by atoms with Crippen LogP contribution < -0.4 is 20.7 Å². The summed E-state index contributed by atoms with van der Waals surface area (Å²) in [6.45, 7) is 3.60. The third-order valence-electron chi connectivity index (χ3n) is 4.83. The van der Waals surface area contributed by atoms with E-state index >= 15 is 0 Å². The molecule has 1 aliphatic heterocycles. The van der Waals surface area contributed by atoms with Crippen LogP contribution in [0.3, 0.4) is 0 Å². The summed E-state index contributed by atoms with van der Waals surface area (Å²) in [5, 5.41) is 8.38. The van der Waals surface area contributed by atoms with Crippen molar-refractivity contribution in [3.8, 4) is 5.75 Å². The predicted octanol–water partition coefficient (Wildman–Crippen LogP) is 0.812. The summed E-state index contributed by atoms with van der Waals surface area (Å²) in [5.74, 6) is -0.509. The number of nitrogens with one attached hydrogen (secondary N) is 3. The van der Waals surface area contributed by atoms with E-state index in [4.69, 9.17) is 9.47 Å². The lowest BCUT2D eigenvalue weighted by Gasteiger charge is -2.24. The molecule has 9 heteroatoms. The molecule has 2 fully saturated rings. The molecule has 0 bridgehead atoms. The highest BCUT2D eigenvalue weighted by Crippen LogP contribution is 2.39. The van der Waals surface area contributed by atoms with Crippen LogP contribution in [0.25, 0.3) is 0 Å². The average molecular weight is 422 g/mol. The molecule has 1 saturated carbocycles. The fraction of sp³-hybridized carbons (Fsp3) is 0.550. The van der Waals surface area contributed by atoms with E-state index in [0.717, 1.165) is 12.8 Å². The van der Waals surface area contributed by atoms with Gasteiger partial charge in [0.05, 0.1) is 12.5 Å². The fourth-order valence-corrected chi connectivity index (χ4v) is 4.59. The molecule has 0 spiro atoms. The largest absolute Gasteiger partial charge is 0.484 e. The third-order valence-corrected chi connectivity index (χ3v) is 6.34. The lowest BCUT2D eigenvalue weighted by atomic mass is 10.0. The number of esters is 1. The number of hydrogen-bond donors (Lipinski definition) is 3. The van der Waals surface area contributed by atoms with Gasteiger partial charge in [-0.15, -0.1) is 11.8 Å². The van der Waals surface area contributed by atoms with Crippen LogP contribution >= 0.6 is 11.8 Å². The van der Waals surface area contributed by atoms with E-state index in [1.807, 2.05) is 32.0 Å². The molecule has 1 aromatic carbocycles. The van der Waals surface area contributed by atoms with Crippen LogP contribution in [0.2, 0.25) is 0 Å². The normalized spacial score (nSPS) is 23.7. The number of ether oxygens (including phenoxy) is 2. The molecular formula is C20H27N3O5S. The lowest BCUT2D eigenvalue weighted by molar-refractivity contribution is -0.143. The van der Waals surface area contributed by atoms with E-state index in [9.17, 15) is 14.4 Å². The van der Waals surface area contributed by atoms with Crippen LogP contribution in [0.1, 0.15) is 26.7 Å². The van der Waals surface area contributed by atoms with Crippen molar-refractivity contribution in [1.82, 2.24) is 16.0 Å². The second-order valence-electron chi connectivity index (χ2n) is 7.69. The van der Waals surface area contributed by atoms with Crippen LogP contribution in [-0.2, 0) is 19.1 Å². The molecule has 0 radical (unpaired) electrons. The minimum atomic E-state index is -0.846. The van der Waals surface area contributed by atoms with Gasteiger partial charge in [-0.3, -0.25) is 19.7 Å². The average Bonchev–Trinajstić information content (AvgIpc) is 3.45. The summed E-state index contributed by atoms with van der Waals surface area (Å²) >= 11 is 1.43. The van der Waals surface area contributed by atoms with Crippen molar-refractivity contribution in [2.75, 3.05) is 13.7 Å². The van der Waals surface area contributed by atoms with E-state index in [1.165, 1.54) is 18.9 Å². The minimum Gasteiger partial charge on any atom is -0.484 e. The third kappa shape index (κ3) is 5.63. The first-order chi connectivity index (χ1) is 13.8. The summed E-state index contributed by atoms with van der Waals surface area (Å²) in [4.78, 5) is 37.4. The highest BCUT2D eigenvalue weighted by molar-refractivity contribution is 8.01. The van der Waals surface area contributed by atoms with Gasteiger partial charge in [0, 0.05) is 10.8 Å². The molecule has 2 aliphatic rings. The molecule has 0 aromatic heterocycles. The Bertz CT molecular complexity index is 754. The number of carbonyl (C=O) groups excluding carboxylic acids is 3. The van der Waals surface area contributed by atoms with Crippen molar-refractivity contribution in [2.45, 2.75) is 54.9 Å². The summed E-state index contributed by atoms with van der Waals surface area (Å²) in [7, 11) is 1.33. The highest BCUT2D eigenvalue weighted by Gasteiger charge is 2.50. The summed E-state index contributed by atoms with van der Waals surface area (Å²) in [5.41, 5.74) is 0. The van der Waals surface area contributed by atoms with Gasteiger partial charge in [-0.1, -0.05) is 18.2 Å². The van der Waals surface area contributed by atoms with Crippen LogP contribution in [-0.4, -0.2) is 59.7 Å². The van der Waals surface area contributed by atoms with Crippen molar-refractivity contribution in [3.05, 3.63) is 30.3 Å². The van der Waals surface area contributed by atoms with Crippen LogP contribution in [0.4, 0.5) is 0 Å². The Morgan fingerprint density at radius 1 is 1.24 bits per heavy atom. The van der Waals surface area contributed by atoms with Gasteiger partial charge < -0.3 is 20.1 Å². The molecule has 2 amide bonds. The van der Waals surface area contributed by atoms with Crippen LogP contribution in [0, 0.1) is 0 Å². The smallest absolute Gasteiger partial charge is 0.324 e. The molecule has 29 heavy (non-hydrogen) atoms. The first-order valence-electron chi connectivity index (χ1n) is 9.59. The second-order valence-corrected chi connectivity index (χ2v) is 9.49. The Balaban J connectivity index is 1.66. The second kappa shape index (κ2) is 9.04. The zero-order valence-corrected chi connectivity index (χ0v) is 17.6. The van der Waals surface area contributed by atoms with E-state index < -0.39 is 34.1 Å². The van der Waals surface area contributed by atoms with Crippen molar-refractivity contribution in [3.63, 3.8) is 0 Å². The quantitative estimate of drug-likeness (QED) is 0.534. The van der Waals surface area contributed by atoms with Gasteiger partial charge in [-0.25, -0.2) is 0 Å². The summed E-state index contributed by atoms with van der Waals surface area (Å²) in [6.07, 6.45) is 1.87. The van der Waals surface area contributed by atoms with Gasteiger partial charge in [-0.2, -0.15) is 0 Å². The SMILES string of the molecule is COC(=O)[C@@H]1N[C@@H]([C@@H](NC(=O)COc2ccccc2)C(=O)NC2CC2)SC1(C)C. The monoisotopic (exact) mass is 421 g/mol. The van der Waals surface area contributed by atoms with Crippen molar-refractivity contribution in [2.24, 2.45) is 0 Å². The first-order valence-corrected chi connectivity index (χ1v) is 10.5. The van der Waals surface area contributed by atoms with Crippen molar-refractivity contribution in [1.29, 1.82) is 0 Å². The van der Waals surface area contributed by atoms with Crippen molar-refractivity contribution >= 4 is 29.5 Å². The summed E-state index contributed by atoms with van der Waals surface area (Å²) < 4.78 is 9.86. The maximum absolute atomic E-state index is 12.8. The first kappa shape index (κ1) is 21.4. The molecule has 3 N–H and O–H groups in total. The standard InChI is InChI=1S/C20H27N3O5S/c1-20(2)16(19(26)27-3)23-18(29-20)15(17(25)21-12-9-10-12)22-14(24)11-28-13-7-5-4-6-8-13/h4-8,12,15-16,18,23H,9-11H2,1-3H3,(H,21,25)(H,22,24)/t15-,16-,18+/m0/s1. The predicted molar refractivity (Wildman–Crippen MR) is 109 cm³/mol. The number of benzene rings is 1. The molecule has 158 valence electrons. The Hall–Kier alpha value is -2.26. The van der Waals surface area contributed by atoms with Gasteiger partial charge in [-0.05, 0) is 38.8 Å². The minimum absolute atomic E-state index is 0.151. The Morgan fingerprint density at radius 3 is 2.55 bits per heavy atom. The zero-order chi connectivity index (χ0) is 21.0. The van der Waals surface area contributed by atoms with Crippen molar-refractivity contribution < 1.29 is 23.9 Å². The Kier molecular flexibility index (Phi) is 6.69. The molecule has 0 unspecified atom stereocenters. The molecule has 1 heterocycles. The number of carbonyl (C=O) groups is 3. The highest BCUT2D eigenvalue weighted by atomic mass is 32.2. The van der Waals surface area contributed by atoms with Crippen LogP contribution in [0.15, 0.2) is 30.3 Å². The van der Waals surface area contributed by atoms with Gasteiger partial charge in [0.1, 0.15) is 17.8 Å². The number of hydrogen-bond acceptors (Lipinski definition) is 7. The molecule has 3 atom stereocenters. The number of amides is 2. The van der Waals surface area contributed by atoms with E-state index in [2.05, 4.69) is 16.0 Å². The molecule has 1 aromatic rings. The molecular weight excluding hydrogens is 394 g/mol. The Labute approximate surface area is 174 Å². The van der Waals surface area contributed by atoms with E-state index in [1.54, 1.807) is 12.1 Å². The van der Waals surface area contributed by atoms with Gasteiger partial charge in [0.15, 0.2) is 6.61 Å². The number of thioether (sulfide) groups is 1. The Morgan fingerprint density at radius 2 is 1.93 bits per heavy atom. The van der Waals surface area contributed by atoms with E-state index in [0.29, 0.717) is 5.75 Å². The van der Waals surface area contributed by atoms with Crippen LogP contribution in [0.5, 0.6) is 5.75 Å². The van der Waals surface area contributed by atoms with Gasteiger partial charge in [0.2, 0.25) is 5.91 Å². The lowest BCUT2D eigenvalue weighted by Crippen LogP contribution is -2.57.